The molecule has 0 saturated heterocycles. The zero-order valence-corrected chi connectivity index (χ0v) is 21.4. The highest BCUT2D eigenvalue weighted by Crippen LogP contribution is 2.35. The molecule has 1 atom stereocenters. The van der Waals surface area contributed by atoms with E-state index in [4.69, 9.17) is 10.5 Å². The van der Waals surface area contributed by atoms with Crippen LogP contribution in [0.4, 0.5) is 11.4 Å². The Kier molecular flexibility index (Phi) is 8.34. The number of carbonyl (C=O) groups is 2. The summed E-state index contributed by atoms with van der Waals surface area (Å²) in [7, 11) is 1.58. The van der Waals surface area contributed by atoms with Gasteiger partial charge in [0.25, 0.3) is 5.91 Å². The molecule has 0 aliphatic carbocycles. The van der Waals surface area contributed by atoms with Crippen LogP contribution >= 0.6 is 27.7 Å². The number of anilines is 2. The smallest absolute Gasteiger partial charge is 0.260 e. The number of hydrogen-bond donors (Lipinski definition) is 3. The lowest BCUT2D eigenvalue weighted by molar-refractivity contribution is -0.115. The number of nitrogens with one attached hydrogen (secondary N) is 2. The summed E-state index contributed by atoms with van der Waals surface area (Å²) in [5.74, 6) is -0.701. The number of ether oxygens (including phenoxy) is 1. The molecule has 2 aromatic rings. The molecular formula is C24H27BrN4O3S. The zero-order chi connectivity index (χ0) is 24.1. The molecule has 1 aliphatic rings. The van der Waals surface area contributed by atoms with Crippen molar-refractivity contribution >= 4 is 55.9 Å². The van der Waals surface area contributed by atoms with Gasteiger partial charge in [0.15, 0.2) is 0 Å². The number of thioether (sulfide) groups is 1. The molecule has 9 heteroatoms. The number of carbonyl (C=O) groups excluding carboxylic acids is 2. The molecule has 0 spiro atoms. The molecule has 4 N–H and O–H groups in total. The molecule has 0 saturated carbocycles. The summed E-state index contributed by atoms with van der Waals surface area (Å²) >= 11 is 4.63. The second-order valence-electron chi connectivity index (χ2n) is 7.66. The number of aryl methyl sites for hydroxylation is 2. The van der Waals surface area contributed by atoms with E-state index >= 15 is 0 Å². The number of nitrogens with zero attached hydrogens (tertiary/aromatic N) is 1. The van der Waals surface area contributed by atoms with E-state index in [9.17, 15) is 9.59 Å². The molecule has 33 heavy (non-hydrogen) atoms. The van der Waals surface area contributed by atoms with E-state index in [1.54, 1.807) is 13.2 Å². The van der Waals surface area contributed by atoms with Crippen LogP contribution < -0.4 is 16.4 Å². The van der Waals surface area contributed by atoms with Gasteiger partial charge in [-0.15, -0.1) is 0 Å². The van der Waals surface area contributed by atoms with Gasteiger partial charge in [0.05, 0.1) is 18.7 Å². The van der Waals surface area contributed by atoms with Crippen LogP contribution in [-0.2, 0) is 14.3 Å². The molecule has 1 aliphatic heterocycles. The molecule has 3 rings (SSSR count). The van der Waals surface area contributed by atoms with Crippen LogP contribution in [0, 0.1) is 20.8 Å². The maximum Gasteiger partial charge on any atom is 0.260 e. The monoisotopic (exact) mass is 530 g/mol. The van der Waals surface area contributed by atoms with Gasteiger partial charge in [-0.1, -0.05) is 39.8 Å². The Balaban J connectivity index is 1.88. The average molecular weight is 531 g/mol. The van der Waals surface area contributed by atoms with Crippen molar-refractivity contribution in [1.82, 2.24) is 0 Å². The Hall–Kier alpha value is -2.62. The van der Waals surface area contributed by atoms with Crippen LogP contribution in [0.15, 0.2) is 57.1 Å². The average Bonchev–Trinajstić information content (AvgIpc) is 3.10. The van der Waals surface area contributed by atoms with Gasteiger partial charge < -0.3 is 21.1 Å². The summed E-state index contributed by atoms with van der Waals surface area (Å²) in [6, 6.07) is 11.2. The van der Waals surface area contributed by atoms with Crippen LogP contribution in [-0.4, -0.2) is 42.4 Å². The summed E-state index contributed by atoms with van der Waals surface area (Å²) in [6.45, 7) is 6.61. The minimum atomic E-state index is -0.769. The van der Waals surface area contributed by atoms with Gasteiger partial charge in [0, 0.05) is 28.7 Å². The maximum atomic E-state index is 13.2. The zero-order valence-electron chi connectivity index (χ0n) is 19.0. The van der Waals surface area contributed by atoms with Gasteiger partial charge in [-0.2, -0.15) is 0 Å². The van der Waals surface area contributed by atoms with Crippen molar-refractivity contribution in [3.8, 4) is 0 Å². The molecule has 174 valence electrons. The third-order valence-corrected chi connectivity index (χ3v) is 7.46. The molecule has 0 fully saturated rings. The lowest BCUT2D eigenvalue weighted by Crippen LogP contribution is -2.29. The van der Waals surface area contributed by atoms with Gasteiger partial charge in [0.2, 0.25) is 5.91 Å². The van der Waals surface area contributed by atoms with E-state index in [1.807, 2.05) is 51.1 Å². The number of halogens is 1. The minimum absolute atomic E-state index is 0.185. The number of nitrogens with two attached hydrogens (primary N) is 1. The number of benzene rings is 2. The molecule has 2 amide bonds. The Labute approximate surface area is 206 Å². The predicted octanol–water partition coefficient (Wildman–Crippen LogP) is 4.32. The van der Waals surface area contributed by atoms with Crippen molar-refractivity contribution in [3.05, 3.63) is 68.8 Å². The Morgan fingerprint density at radius 2 is 1.91 bits per heavy atom. The van der Waals surface area contributed by atoms with Crippen LogP contribution in [0.3, 0.4) is 0 Å². The molecule has 0 aromatic heterocycles. The summed E-state index contributed by atoms with van der Waals surface area (Å²) in [6.07, 6.45) is 0. The van der Waals surface area contributed by atoms with Crippen molar-refractivity contribution in [2.24, 2.45) is 10.7 Å². The summed E-state index contributed by atoms with van der Waals surface area (Å²) < 4.78 is 6.03. The third kappa shape index (κ3) is 5.85. The van der Waals surface area contributed by atoms with Crippen LogP contribution in [0.1, 0.15) is 16.7 Å². The fraction of sp³-hybridized carbons (Fsp3) is 0.292. The number of hydrogen-bond acceptors (Lipinski definition) is 6. The summed E-state index contributed by atoms with van der Waals surface area (Å²) in [5, 5.41) is 5.48. The van der Waals surface area contributed by atoms with Crippen molar-refractivity contribution in [3.63, 3.8) is 0 Å². The fourth-order valence-corrected chi connectivity index (χ4v) is 4.64. The first-order valence-corrected chi connectivity index (χ1v) is 12.0. The van der Waals surface area contributed by atoms with Gasteiger partial charge in [0.1, 0.15) is 10.3 Å². The highest BCUT2D eigenvalue weighted by molar-refractivity contribution is 9.10. The second kappa shape index (κ2) is 11.0. The molecular weight excluding hydrogens is 504 g/mol. The van der Waals surface area contributed by atoms with E-state index in [-0.39, 0.29) is 23.1 Å². The van der Waals surface area contributed by atoms with Crippen LogP contribution in [0.5, 0.6) is 0 Å². The predicted molar refractivity (Wildman–Crippen MR) is 139 cm³/mol. The fourth-order valence-electron chi connectivity index (χ4n) is 3.27. The molecule has 1 heterocycles. The van der Waals surface area contributed by atoms with Crippen molar-refractivity contribution in [1.29, 1.82) is 0 Å². The highest BCUT2D eigenvalue weighted by Gasteiger charge is 2.38. The Bertz CT molecular complexity index is 1150. The van der Waals surface area contributed by atoms with Gasteiger partial charge in [-0.05, 0) is 61.7 Å². The van der Waals surface area contributed by atoms with E-state index < -0.39 is 5.25 Å². The van der Waals surface area contributed by atoms with E-state index in [2.05, 4.69) is 31.6 Å². The second-order valence-corrected chi connectivity index (χ2v) is 9.61. The van der Waals surface area contributed by atoms with E-state index in [0.717, 1.165) is 21.2 Å². The van der Waals surface area contributed by atoms with Crippen molar-refractivity contribution < 1.29 is 14.3 Å². The van der Waals surface area contributed by atoms with E-state index in [0.29, 0.717) is 29.6 Å². The Morgan fingerprint density at radius 3 is 2.61 bits per heavy atom. The van der Waals surface area contributed by atoms with Gasteiger partial charge in [-0.25, -0.2) is 0 Å². The molecule has 0 unspecified atom stereocenters. The molecule has 0 bridgehead atoms. The maximum absolute atomic E-state index is 13.2. The molecule has 7 nitrogen and oxygen atoms in total. The van der Waals surface area contributed by atoms with Crippen LogP contribution in [0.2, 0.25) is 0 Å². The normalized spacial score (nSPS) is 16.9. The minimum Gasteiger partial charge on any atom is -0.400 e. The number of amides is 2. The van der Waals surface area contributed by atoms with E-state index in [1.165, 1.54) is 11.8 Å². The first kappa shape index (κ1) is 25.0. The van der Waals surface area contributed by atoms with Crippen LogP contribution in [0.25, 0.3) is 0 Å². The number of methoxy groups -OCH3 is 1. The lowest BCUT2D eigenvalue weighted by Gasteiger charge is -2.13. The first-order valence-electron chi connectivity index (χ1n) is 10.4. The topological polar surface area (TPSA) is 106 Å². The third-order valence-electron chi connectivity index (χ3n) is 5.31. The van der Waals surface area contributed by atoms with Crippen molar-refractivity contribution in [2.75, 3.05) is 30.9 Å². The number of rotatable bonds is 7. The van der Waals surface area contributed by atoms with Gasteiger partial charge >= 0.3 is 0 Å². The van der Waals surface area contributed by atoms with Gasteiger partial charge in [-0.3, -0.25) is 14.6 Å². The largest absolute Gasteiger partial charge is 0.400 e. The molecule has 2 aromatic carbocycles. The first-order chi connectivity index (χ1) is 15.7. The summed E-state index contributed by atoms with van der Waals surface area (Å²) in [4.78, 5) is 30.8. The highest BCUT2D eigenvalue weighted by atomic mass is 79.9. The SMILES string of the molecule is COCCN=C1S[C@H](C(=O)Nc2ccc(Br)c(C)c2)C(N)=C1C(=O)Nc1cccc(C)c1C. The van der Waals surface area contributed by atoms with Crippen molar-refractivity contribution in [2.45, 2.75) is 26.0 Å². The standard InChI is InChI=1S/C24H27BrN4O3S/c1-13-6-5-7-18(15(13)3)29-22(30)19-20(26)21(33-24(19)27-10-11-32-4)23(31)28-16-8-9-17(25)14(2)12-16/h5-9,12,21H,10-11,26H2,1-4H3,(H,28,31)(H,29,30)/t21-/m0/s1. The number of aliphatic imine (C=N–C) groups is 1. The summed E-state index contributed by atoms with van der Waals surface area (Å²) in [5.41, 5.74) is 11.1. The lowest BCUT2D eigenvalue weighted by atomic mass is 10.1. The quantitative estimate of drug-likeness (QED) is 0.462. The molecule has 0 radical (unpaired) electrons. The Morgan fingerprint density at radius 1 is 1.15 bits per heavy atom.